The van der Waals surface area contributed by atoms with Gasteiger partial charge in [0.1, 0.15) is 5.75 Å². The van der Waals surface area contributed by atoms with E-state index >= 15 is 0 Å². The van der Waals surface area contributed by atoms with Crippen molar-refractivity contribution < 1.29 is 5.11 Å². The van der Waals surface area contributed by atoms with Crippen molar-refractivity contribution in [3.63, 3.8) is 0 Å². The number of hydrogen-bond donors (Lipinski definition) is 2. The van der Waals surface area contributed by atoms with Crippen LogP contribution in [0.1, 0.15) is 23.6 Å². The fourth-order valence-electron chi connectivity index (χ4n) is 1.28. The third-order valence-electron chi connectivity index (χ3n) is 2.00. The first-order valence-corrected chi connectivity index (χ1v) is 4.31. The first-order chi connectivity index (χ1) is 6.15. The van der Waals surface area contributed by atoms with E-state index in [9.17, 15) is 5.11 Å². The molecular weight excluding hydrogens is 162 g/mol. The Kier molecular flexibility index (Phi) is 3.09. The van der Waals surface area contributed by atoms with Gasteiger partial charge in [0.05, 0.1) is 0 Å². The monoisotopic (exact) mass is 177 g/mol. The van der Waals surface area contributed by atoms with E-state index in [4.69, 9.17) is 5.73 Å². The Morgan fingerprint density at radius 1 is 1.62 bits per heavy atom. The Balaban J connectivity index is 2.97. The Hall–Kier alpha value is -1.28. The molecule has 1 atom stereocenters. The quantitative estimate of drug-likeness (QED) is 0.696. The van der Waals surface area contributed by atoms with E-state index in [1.807, 2.05) is 19.1 Å². The van der Waals surface area contributed by atoms with Crippen LogP contribution in [0.25, 0.3) is 0 Å². The number of phenolic OH excluding ortho intramolecular Hbond substituents is 1. The second-order valence-corrected chi connectivity index (χ2v) is 3.19. The van der Waals surface area contributed by atoms with Gasteiger partial charge in [0, 0.05) is 11.6 Å². The van der Waals surface area contributed by atoms with Crippen LogP contribution in [0.15, 0.2) is 30.9 Å². The van der Waals surface area contributed by atoms with E-state index in [0.29, 0.717) is 6.42 Å². The van der Waals surface area contributed by atoms with Crippen LogP contribution in [-0.4, -0.2) is 5.11 Å². The van der Waals surface area contributed by atoms with E-state index in [1.54, 1.807) is 12.1 Å². The minimum absolute atomic E-state index is 0.155. The average Bonchev–Trinajstić information content (AvgIpc) is 2.09. The maximum absolute atomic E-state index is 9.52. The number of benzene rings is 1. The van der Waals surface area contributed by atoms with Crippen LogP contribution in [0.2, 0.25) is 0 Å². The van der Waals surface area contributed by atoms with Gasteiger partial charge in [0.2, 0.25) is 0 Å². The first kappa shape index (κ1) is 9.81. The topological polar surface area (TPSA) is 46.2 Å². The van der Waals surface area contributed by atoms with Crippen LogP contribution in [0.4, 0.5) is 0 Å². The molecule has 2 heteroatoms. The predicted molar refractivity (Wildman–Crippen MR) is 54.6 cm³/mol. The Morgan fingerprint density at radius 3 is 2.92 bits per heavy atom. The van der Waals surface area contributed by atoms with Crippen molar-refractivity contribution in [2.24, 2.45) is 5.73 Å². The Bertz CT molecular complexity index is 307. The number of rotatable bonds is 3. The van der Waals surface area contributed by atoms with Gasteiger partial charge in [-0.1, -0.05) is 23.8 Å². The molecule has 1 aromatic carbocycles. The summed E-state index contributed by atoms with van der Waals surface area (Å²) < 4.78 is 0. The predicted octanol–water partition coefficient (Wildman–Crippen LogP) is 2.28. The summed E-state index contributed by atoms with van der Waals surface area (Å²) in [5, 5.41) is 9.52. The van der Waals surface area contributed by atoms with Crippen LogP contribution in [-0.2, 0) is 0 Å². The number of aromatic hydroxyl groups is 1. The minimum atomic E-state index is -0.155. The molecule has 0 unspecified atom stereocenters. The van der Waals surface area contributed by atoms with Crippen molar-refractivity contribution in [2.75, 3.05) is 0 Å². The second-order valence-electron chi connectivity index (χ2n) is 3.19. The van der Waals surface area contributed by atoms with Gasteiger partial charge in [-0.3, -0.25) is 0 Å². The largest absolute Gasteiger partial charge is 0.508 e. The molecule has 0 bridgehead atoms. The molecule has 0 saturated heterocycles. The van der Waals surface area contributed by atoms with Crippen molar-refractivity contribution >= 4 is 0 Å². The van der Waals surface area contributed by atoms with Crippen molar-refractivity contribution in [1.29, 1.82) is 0 Å². The molecule has 1 aromatic rings. The van der Waals surface area contributed by atoms with Crippen LogP contribution >= 0.6 is 0 Å². The molecule has 0 aliphatic heterocycles. The molecule has 2 nitrogen and oxygen atoms in total. The lowest BCUT2D eigenvalue weighted by atomic mass is 10.0. The Morgan fingerprint density at radius 2 is 2.31 bits per heavy atom. The van der Waals surface area contributed by atoms with Gasteiger partial charge in [-0.2, -0.15) is 0 Å². The van der Waals surface area contributed by atoms with Crippen LogP contribution < -0.4 is 5.73 Å². The maximum atomic E-state index is 9.52. The zero-order chi connectivity index (χ0) is 9.84. The average molecular weight is 177 g/mol. The molecule has 0 aliphatic rings. The third kappa shape index (κ3) is 2.33. The SMILES string of the molecule is C=CC[C@H](N)c1cc(C)ccc1O. The van der Waals surface area contributed by atoms with Gasteiger partial charge in [-0.15, -0.1) is 6.58 Å². The number of hydrogen-bond acceptors (Lipinski definition) is 2. The van der Waals surface area contributed by atoms with E-state index in [-0.39, 0.29) is 11.8 Å². The molecule has 70 valence electrons. The van der Waals surface area contributed by atoms with Crippen LogP contribution in [0, 0.1) is 6.92 Å². The summed E-state index contributed by atoms with van der Waals surface area (Å²) in [6.45, 7) is 5.59. The molecule has 1 rings (SSSR count). The molecule has 0 fully saturated rings. The minimum Gasteiger partial charge on any atom is -0.508 e. The standard InChI is InChI=1S/C11H15NO/c1-3-4-10(12)9-7-8(2)5-6-11(9)13/h3,5-7,10,13H,1,4,12H2,2H3/t10-/m0/s1. The lowest BCUT2D eigenvalue weighted by Crippen LogP contribution is -2.09. The fraction of sp³-hybridized carbons (Fsp3) is 0.273. The van der Waals surface area contributed by atoms with Gasteiger partial charge >= 0.3 is 0 Å². The van der Waals surface area contributed by atoms with E-state index in [2.05, 4.69) is 6.58 Å². The summed E-state index contributed by atoms with van der Waals surface area (Å²) in [5.74, 6) is 0.264. The highest BCUT2D eigenvalue weighted by Crippen LogP contribution is 2.25. The highest BCUT2D eigenvalue weighted by Gasteiger charge is 2.08. The normalized spacial score (nSPS) is 12.5. The zero-order valence-electron chi connectivity index (χ0n) is 7.83. The van der Waals surface area contributed by atoms with Crippen molar-refractivity contribution in [1.82, 2.24) is 0 Å². The first-order valence-electron chi connectivity index (χ1n) is 4.31. The summed E-state index contributed by atoms with van der Waals surface area (Å²) in [7, 11) is 0. The molecule has 0 spiro atoms. The van der Waals surface area contributed by atoms with E-state index in [0.717, 1.165) is 11.1 Å². The molecule has 0 saturated carbocycles. The summed E-state index contributed by atoms with van der Waals surface area (Å²) in [6.07, 6.45) is 2.43. The van der Waals surface area contributed by atoms with Gasteiger partial charge in [0.25, 0.3) is 0 Å². The highest BCUT2D eigenvalue weighted by molar-refractivity contribution is 5.38. The Labute approximate surface area is 78.7 Å². The smallest absolute Gasteiger partial charge is 0.120 e. The van der Waals surface area contributed by atoms with Gasteiger partial charge in [-0.05, 0) is 19.4 Å². The van der Waals surface area contributed by atoms with Crippen LogP contribution in [0.5, 0.6) is 5.75 Å². The second kappa shape index (κ2) is 4.10. The van der Waals surface area contributed by atoms with Crippen molar-refractivity contribution in [3.8, 4) is 5.75 Å². The number of aryl methyl sites for hydroxylation is 1. The van der Waals surface area contributed by atoms with E-state index in [1.165, 1.54) is 0 Å². The lowest BCUT2D eigenvalue weighted by molar-refractivity contribution is 0.461. The fourth-order valence-corrected chi connectivity index (χ4v) is 1.28. The van der Waals surface area contributed by atoms with E-state index < -0.39 is 0 Å². The number of phenols is 1. The molecule has 0 amide bonds. The molecule has 0 radical (unpaired) electrons. The molecule has 0 heterocycles. The maximum Gasteiger partial charge on any atom is 0.120 e. The molecular formula is C11H15NO. The number of nitrogens with two attached hydrogens (primary N) is 1. The molecule has 3 N–H and O–H groups in total. The molecule has 0 aromatic heterocycles. The van der Waals surface area contributed by atoms with Crippen molar-refractivity contribution in [3.05, 3.63) is 42.0 Å². The highest BCUT2D eigenvalue weighted by atomic mass is 16.3. The molecule has 0 aliphatic carbocycles. The van der Waals surface area contributed by atoms with Gasteiger partial charge in [-0.25, -0.2) is 0 Å². The summed E-state index contributed by atoms with van der Waals surface area (Å²) in [4.78, 5) is 0. The van der Waals surface area contributed by atoms with Crippen LogP contribution in [0.3, 0.4) is 0 Å². The summed E-state index contributed by atoms with van der Waals surface area (Å²) in [5.41, 5.74) is 7.74. The van der Waals surface area contributed by atoms with Gasteiger partial charge < -0.3 is 10.8 Å². The lowest BCUT2D eigenvalue weighted by Gasteiger charge is -2.11. The molecule has 13 heavy (non-hydrogen) atoms. The summed E-state index contributed by atoms with van der Waals surface area (Å²) in [6, 6.07) is 5.29. The van der Waals surface area contributed by atoms with Gasteiger partial charge in [0.15, 0.2) is 0 Å². The zero-order valence-corrected chi connectivity index (χ0v) is 7.83. The third-order valence-corrected chi connectivity index (χ3v) is 2.00. The summed E-state index contributed by atoms with van der Waals surface area (Å²) >= 11 is 0. The van der Waals surface area contributed by atoms with Crippen molar-refractivity contribution in [2.45, 2.75) is 19.4 Å².